The molecule has 0 atom stereocenters. The third-order valence-corrected chi connectivity index (χ3v) is 3.73. The molecule has 2 rings (SSSR count). The summed E-state index contributed by atoms with van der Waals surface area (Å²) in [5.41, 5.74) is 8.58. The van der Waals surface area contributed by atoms with Gasteiger partial charge in [0, 0.05) is 18.5 Å². The van der Waals surface area contributed by atoms with Gasteiger partial charge >= 0.3 is 0 Å². The quantitative estimate of drug-likeness (QED) is 0.860. The van der Waals surface area contributed by atoms with Crippen molar-refractivity contribution in [3.05, 3.63) is 35.4 Å². The number of nitrogen functional groups attached to an aromatic ring is 1. The number of nitrogens with zero attached hydrogens (tertiary/aromatic N) is 2. The lowest BCUT2D eigenvalue weighted by atomic mass is 10.1. The summed E-state index contributed by atoms with van der Waals surface area (Å²) < 4.78 is 15.5. The van der Waals surface area contributed by atoms with Crippen molar-refractivity contribution >= 4 is 5.82 Å². The van der Waals surface area contributed by atoms with Gasteiger partial charge in [0.15, 0.2) is 0 Å². The molecule has 0 saturated heterocycles. The molecule has 114 valence electrons. The number of halogens is 1. The zero-order chi connectivity index (χ0) is 15.4. The largest absolute Gasteiger partial charge is 0.383 e. The lowest BCUT2D eigenvalue weighted by Gasteiger charge is -2.08. The molecule has 0 aliphatic carbocycles. The first-order valence-electron chi connectivity index (χ1n) is 7.69. The van der Waals surface area contributed by atoms with Gasteiger partial charge in [-0.2, -0.15) is 0 Å². The molecular formula is C17H24FN3. The zero-order valence-electron chi connectivity index (χ0n) is 13.1. The van der Waals surface area contributed by atoms with Gasteiger partial charge in [0.05, 0.1) is 0 Å². The van der Waals surface area contributed by atoms with Crippen molar-refractivity contribution in [3.63, 3.8) is 0 Å². The van der Waals surface area contributed by atoms with E-state index < -0.39 is 0 Å². The molecule has 0 amide bonds. The van der Waals surface area contributed by atoms with E-state index >= 15 is 0 Å². The monoisotopic (exact) mass is 289 g/mol. The molecule has 0 fully saturated rings. The summed E-state index contributed by atoms with van der Waals surface area (Å²) in [5.74, 6) is 1.52. The number of hydrogen-bond donors (Lipinski definition) is 1. The molecule has 0 radical (unpaired) electrons. The van der Waals surface area contributed by atoms with Gasteiger partial charge in [-0.15, -0.1) is 0 Å². The van der Waals surface area contributed by atoms with Crippen LogP contribution < -0.4 is 5.73 Å². The van der Waals surface area contributed by atoms with Gasteiger partial charge in [-0.1, -0.05) is 20.3 Å². The van der Waals surface area contributed by atoms with Crippen molar-refractivity contribution in [1.29, 1.82) is 0 Å². The molecule has 3 nitrogen and oxygen atoms in total. The fourth-order valence-corrected chi connectivity index (χ4v) is 2.50. The van der Waals surface area contributed by atoms with Crippen molar-refractivity contribution in [1.82, 2.24) is 9.55 Å². The lowest BCUT2D eigenvalue weighted by molar-refractivity contribution is 0.604. The summed E-state index contributed by atoms with van der Waals surface area (Å²) in [6.07, 6.45) is 4.14. The number of aromatic nitrogens is 2. The van der Waals surface area contributed by atoms with Crippen molar-refractivity contribution in [2.45, 2.75) is 53.0 Å². The molecular weight excluding hydrogens is 265 g/mol. The van der Waals surface area contributed by atoms with Crippen molar-refractivity contribution in [2.75, 3.05) is 5.73 Å². The molecule has 0 aliphatic rings. The van der Waals surface area contributed by atoms with E-state index in [1.807, 2.05) is 6.07 Å². The fourth-order valence-electron chi connectivity index (χ4n) is 2.50. The van der Waals surface area contributed by atoms with Crippen LogP contribution in [0.2, 0.25) is 0 Å². The Labute approximate surface area is 126 Å². The molecule has 2 aromatic rings. The van der Waals surface area contributed by atoms with E-state index in [9.17, 15) is 4.39 Å². The van der Waals surface area contributed by atoms with Gasteiger partial charge in [-0.05, 0) is 43.5 Å². The molecule has 0 spiro atoms. The number of imidazole rings is 1. The molecule has 0 bridgehead atoms. The summed E-state index contributed by atoms with van der Waals surface area (Å²) in [4.78, 5) is 4.71. The maximum absolute atomic E-state index is 13.4. The maximum atomic E-state index is 13.4. The Kier molecular flexibility index (Phi) is 4.99. The predicted molar refractivity (Wildman–Crippen MR) is 85.7 cm³/mol. The van der Waals surface area contributed by atoms with Crippen molar-refractivity contribution in [3.8, 4) is 11.3 Å². The van der Waals surface area contributed by atoms with Crippen LogP contribution in [0.4, 0.5) is 10.2 Å². The van der Waals surface area contributed by atoms with E-state index in [4.69, 9.17) is 10.7 Å². The van der Waals surface area contributed by atoms with Crippen molar-refractivity contribution < 1.29 is 4.39 Å². The smallest absolute Gasteiger partial charge is 0.131 e. The van der Waals surface area contributed by atoms with Gasteiger partial charge in [-0.25, -0.2) is 9.37 Å². The Bertz CT molecular complexity index is 617. The van der Waals surface area contributed by atoms with E-state index in [0.29, 0.717) is 11.4 Å². The Morgan fingerprint density at radius 3 is 2.62 bits per heavy atom. The van der Waals surface area contributed by atoms with E-state index in [2.05, 4.69) is 18.4 Å². The van der Waals surface area contributed by atoms with Crippen LogP contribution in [0.3, 0.4) is 0 Å². The molecule has 0 unspecified atom stereocenters. The Morgan fingerprint density at radius 2 is 2.00 bits per heavy atom. The number of benzene rings is 1. The van der Waals surface area contributed by atoms with Crippen LogP contribution in [0.15, 0.2) is 18.2 Å². The van der Waals surface area contributed by atoms with Gasteiger partial charge in [0.2, 0.25) is 0 Å². The van der Waals surface area contributed by atoms with E-state index in [1.54, 1.807) is 13.0 Å². The minimum Gasteiger partial charge on any atom is -0.383 e. The highest BCUT2D eigenvalue weighted by atomic mass is 19.1. The number of rotatable bonds is 6. The standard InChI is InChI=1S/C17H24FN3/c1-4-6-10-21-15(7-5-2)20-16(17(21)19)13-8-9-14(18)12(3)11-13/h8-9,11H,4-7,10,19H2,1-3H3. The highest BCUT2D eigenvalue weighted by molar-refractivity contribution is 5.71. The van der Waals surface area contributed by atoms with Crippen LogP contribution >= 0.6 is 0 Å². The van der Waals surface area contributed by atoms with E-state index in [-0.39, 0.29) is 5.82 Å². The van der Waals surface area contributed by atoms with Gasteiger partial charge in [0.25, 0.3) is 0 Å². The number of aryl methyl sites for hydroxylation is 2. The lowest BCUT2D eigenvalue weighted by Crippen LogP contribution is -2.07. The Hall–Kier alpha value is -1.84. The van der Waals surface area contributed by atoms with Crippen LogP contribution in [0.1, 0.15) is 44.5 Å². The molecule has 0 aliphatic heterocycles. The number of hydrogen-bond acceptors (Lipinski definition) is 2. The minimum atomic E-state index is -0.198. The molecule has 1 heterocycles. The van der Waals surface area contributed by atoms with Gasteiger partial charge < -0.3 is 10.3 Å². The summed E-state index contributed by atoms with van der Waals surface area (Å²) in [5, 5.41) is 0. The summed E-state index contributed by atoms with van der Waals surface area (Å²) in [6, 6.07) is 5.05. The second-order valence-corrected chi connectivity index (χ2v) is 5.48. The number of anilines is 1. The van der Waals surface area contributed by atoms with Crippen LogP contribution in [0.25, 0.3) is 11.3 Å². The van der Waals surface area contributed by atoms with E-state index in [1.165, 1.54) is 6.07 Å². The summed E-state index contributed by atoms with van der Waals surface area (Å²) in [6.45, 7) is 6.95. The van der Waals surface area contributed by atoms with Crippen LogP contribution in [0.5, 0.6) is 0 Å². The Balaban J connectivity index is 2.45. The second-order valence-electron chi connectivity index (χ2n) is 5.48. The zero-order valence-corrected chi connectivity index (χ0v) is 13.1. The number of unbranched alkanes of at least 4 members (excludes halogenated alkanes) is 1. The first kappa shape index (κ1) is 15.5. The third-order valence-electron chi connectivity index (χ3n) is 3.73. The first-order valence-corrected chi connectivity index (χ1v) is 7.69. The predicted octanol–water partition coefficient (Wildman–Crippen LogP) is 4.33. The van der Waals surface area contributed by atoms with Gasteiger partial charge in [-0.3, -0.25) is 0 Å². The molecule has 1 aromatic heterocycles. The van der Waals surface area contributed by atoms with Crippen LogP contribution in [0, 0.1) is 12.7 Å². The minimum absolute atomic E-state index is 0.198. The van der Waals surface area contributed by atoms with Gasteiger partial charge in [0.1, 0.15) is 23.2 Å². The summed E-state index contributed by atoms with van der Waals surface area (Å²) in [7, 11) is 0. The SMILES string of the molecule is CCCCn1c(CCC)nc(-c2ccc(F)c(C)c2)c1N. The topological polar surface area (TPSA) is 43.8 Å². The highest BCUT2D eigenvalue weighted by Crippen LogP contribution is 2.28. The Morgan fingerprint density at radius 1 is 1.24 bits per heavy atom. The third kappa shape index (κ3) is 3.26. The normalized spacial score (nSPS) is 11.0. The average molecular weight is 289 g/mol. The highest BCUT2D eigenvalue weighted by Gasteiger charge is 2.16. The molecule has 0 saturated carbocycles. The van der Waals surface area contributed by atoms with Crippen LogP contribution in [-0.4, -0.2) is 9.55 Å². The van der Waals surface area contributed by atoms with E-state index in [0.717, 1.165) is 49.3 Å². The molecule has 4 heteroatoms. The average Bonchev–Trinajstić information content (AvgIpc) is 2.77. The molecule has 2 N–H and O–H groups in total. The molecule has 21 heavy (non-hydrogen) atoms. The van der Waals surface area contributed by atoms with Crippen molar-refractivity contribution in [2.24, 2.45) is 0 Å². The second kappa shape index (κ2) is 6.74. The number of nitrogens with two attached hydrogens (primary N) is 1. The maximum Gasteiger partial charge on any atom is 0.131 e. The van der Waals surface area contributed by atoms with Crippen LogP contribution in [-0.2, 0) is 13.0 Å². The fraction of sp³-hybridized carbons (Fsp3) is 0.471. The first-order chi connectivity index (χ1) is 10.1. The molecule has 1 aromatic carbocycles. The summed E-state index contributed by atoms with van der Waals surface area (Å²) >= 11 is 0.